The number of aryl methyl sites for hydroxylation is 1. The van der Waals surface area contributed by atoms with E-state index in [-0.39, 0.29) is 6.04 Å². The number of hydrogen-bond donors (Lipinski definition) is 1. The Balaban J connectivity index is 1.73. The van der Waals surface area contributed by atoms with Crippen molar-refractivity contribution in [2.75, 3.05) is 0 Å². The third kappa shape index (κ3) is 3.19. The molecule has 0 spiro atoms. The summed E-state index contributed by atoms with van der Waals surface area (Å²) in [6, 6.07) is 10.5. The molecule has 0 radical (unpaired) electrons. The predicted molar refractivity (Wildman–Crippen MR) is 82.5 cm³/mol. The zero-order valence-electron chi connectivity index (χ0n) is 11.5. The van der Waals surface area contributed by atoms with Gasteiger partial charge in [0.05, 0.1) is 5.75 Å². The molecule has 0 amide bonds. The average Bonchev–Trinajstić information content (AvgIpc) is 2.68. The molecule has 104 valence electrons. The number of aromatic nitrogens is 2. The lowest BCUT2D eigenvalue weighted by molar-refractivity contribution is 0.614. The number of nitrogens with zero attached hydrogens (tertiary/aromatic N) is 2. The van der Waals surface area contributed by atoms with E-state index in [4.69, 9.17) is 10.7 Å². The lowest BCUT2D eigenvalue weighted by atomic mass is 10.1. The van der Waals surface area contributed by atoms with Gasteiger partial charge in [-0.1, -0.05) is 24.6 Å². The number of thioether (sulfide) groups is 1. The van der Waals surface area contributed by atoms with Crippen molar-refractivity contribution >= 4 is 11.8 Å². The van der Waals surface area contributed by atoms with Gasteiger partial charge in [-0.3, -0.25) is 0 Å². The molecule has 0 saturated heterocycles. The van der Waals surface area contributed by atoms with Crippen LogP contribution in [0.1, 0.15) is 42.4 Å². The Morgan fingerprint density at radius 2 is 2.05 bits per heavy atom. The zero-order chi connectivity index (χ0) is 13.8. The summed E-state index contributed by atoms with van der Waals surface area (Å²) < 4.78 is 0. The maximum atomic E-state index is 6.18. The van der Waals surface area contributed by atoms with Crippen LogP contribution in [-0.4, -0.2) is 9.97 Å². The van der Waals surface area contributed by atoms with Crippen LogP contribution in [0.3, 0.4) is 0 Å². The summed E-state index contributed by atoms with van der Waals surface area (Å²) in [4.78, 5) is 10.5. The van der Waals surface area contributed by atoms with Gasteiger partial charge in [0, 0.05) is 28.4 Å². The summed E-state index contributed by atoms with van der Waals surface area (Å²) in [5.41, 5.74) is 8.49. The normalized spacial score (nSPS) is 18.4. The number of fused-ring (bicyclic) bond motifs is 1. The summed E-state index contributed by atoms with van der Waals surface area (Å²) >= 11 is 1.77. The molecule has 2 aromatic rings. The first kappa shape index (κ1) is 13.6. The van der Waals surface area contributed by atoms with Gasteiger partial charge in [-0.05, 0) is 31.4 Å². The maximum absolute atomic E-state index is 6.18. The third-order valence-corrected chi connectivity index (χ3v) is 4.65. The molecule has 0 bridgehead atoms. The Labute approximate surface area is 124 Å². The molecule has 0 fully saturated rings. The molecule has 0 saturated carbocycles. The van der Waals surface area contributed by atoms with Crippen LogP contribution in [0, 0.1) is 0 Å². The fraction of sp³-hybridized carbons (Fsp3) is 0.375. The van der Waals surface area contributed by atoms with Crippen LogP contribution in [-0.2, 0) is 12.2 Å². The SMILES string of the molecule is NC1CCCCc2nc(CSc3ccccc3)ncc21. The van der Waals surface area contributed by atoms with Gasteiger partial charge in [0.1, 0.15) is 5.82 Å². The highest BCUT2D eigenvalue weighted by Gasteiger charge is 2.17. The Morgan fingerprint density at radius 1 is 1.20 bits per heavy atom. The van der Waals surface area contributed by atoms with Gasteiger partial charge in [0.2, 0.25) is 0 Å². The minimum absolute atomic E-state index is 0.114. The third-order valence-electron chi connectivity index (χ3n) is 3.64. The monoisotopic (exact) mass is 285 g/mol. The largest absolute Gasteiger partial charge is 0.324 e. The highest BCUT2D eigenvalue weighted by molar-refractivity contribution is 7.98. The summed E-state index contributed by atoms with van der Waals surface area (Å²) in [5.74, 6) is 1.72. The van der Waals surface area contributed by atoms with E-state index in [1.807, 2.05) is 12.3 Å². The van der Waals surface area contributed by atoms with Crippen LogP contribution in [0.5, 0.6) is 0 Å². The second-order valence-corrected chi connectivity index (χ2v) is 6.19. The smallest absolute Gasteiger partial charge is 0.138 e. The molecule has 2 N–H and O–H groups in total. The van der Waals surface area contributed by atoms with Crippen molar-refractivity contribution in [1.82, 2.24) is 9.97 Å². The Morgan fingerprint density at radius 3 is 2.90 bits per heavy atom. The van der Waals surface area contributed by atoms with Crippen molar-refractivity contribution in [1.29, 1.82) is 0 Å². The van der Waals surface area contributed by atoms with Gasteiger partial charge < -0.3 is 5.73 Å². The number of nitrogens with two attached hydrogens (primary N) is 1. The molecule has 4 heteroatoms. The van der Waals surface area contributed by atoms with Gasteiger partial charge >= 0.3 is 0 Å². The van der Waals surface area contributed by atoms with Gasteiger partial charge in [0.25, 0.3) is 0 Å². The molecule has 3 rings (SSSR count). The molecule has 1 heterocycles. The maximum Gasteiger partial charge on any atom is 0.138 e. The van der Waals surface area contributed by atoms with Crippen LogP contribution in [0.4, 0.5) is 0 Å². The first-order chi connectivity index (χ1) is 9.83. The fourth-order valence-corrected chi connectivity index (χ4v) is 3.31. The summed E-state index contributed by atoms with van der Waals surface area (Å²) in [6.07, 6.45) is 6.40. The molecule has 1 atom stereocenters. The van der Waals surface area contributed by atoms with Crippen molar-refractivity contribution in [3.05, 3.63) is 53.6 Å². The van der Waals surface area contributed by atoms with E-state index < -0.39 is 0 Å². The molecular weight excluding hydrogens is 266 g/mol. The molecular formula is C16H19N3S. The van der Waals surface area contributed by atoms with E-state index in [9.17, 15) is 0 Å². The Bertz CT molecular complexity index is 571. The molecule has 3 nitrogen and oxygen atoms in total. The Hall–Kier alpha value is -1.39. The molecule has 1 unspecified atom stereocenters. The molecule has 20 heavy (non-hydrogen) atoms. The van der Waals surface area contributed by atoms with E-state index in [0.29, 0.717) is 0 Å². The van der Waals surface area contributed by atoms with Crippen LogP contribution in [0.15, 0.2) is 41.4 Å². The van der Waals surface area contributed by atoms with Crippen molar-refractivity contribution in [2.24, 2.45) is 5.73 Å². The number of rotatable bonds is 3. The lowest BCUT2D eigenvalue weighted by Crippen LogP contribution is -2.13. The van der Waals surface area contributed by atoms with Crippen LogP contribution < -0.4 is 5.73 Å². The van der Waals surface area contributed by atoms with Crippen LogP contribution >= 0.6 is 11.8 Å². The molecule has 0 aliphatic heterocycles. The van der Waals surface area contributed by atoms with Gasteiger partial charge in [-0.15, -0.1) is 11.8 Å². The highest BCUT2D eigenvalue weighted by atomic mass is 32.2. The minimum Gasteiger partial charge on any atom is -0.324 e. The number of benzene rings is 1. The first-order valence-electron chi connectivity index (χ1n) is 7.11. The van der Waals surface area contributed by atoms with E-state index >= 15 is 0 Å². The molecule has 1 aliphatic rings. The lowest BCUT2D eigenvalue weighted by Gasteiger charge is -2.12. The fourth-order valence-electron chi connectivity index (χ4n) is 2.52. The second kappa shape index (κ2) is 6.37. The summed E-state index contributed by atoms with van der Waals surface area (Å²) in [7, 11) is 0. The zero-order valence-corrected chi connectivity index (χ0v) is 12.3. The highest BCUT2D eigenvalue weighted by Crippen LogP contribution is 2.26. The summed E-state index contributed by atoms with van der Waals surface area (Å²) in [6.45, 7) is 0. The molecule has 1 aromatic heterocycles. The molecule has 1 aromatic carbocycles. The Kier molecular flexibility index (Phi) is 4.33. The van der Waals surface area contributed by atoms with Gasteiger partial charge in [0.15, 0.2) is 0 Å². The van der Waals surface area contributed by atoms with E-state index in [1.165, 1.54) is 17.7 Å². The van der Waals surface area contributed by atoms with Crippen molar-refractivity contribution < 1.29 is 0 Å². The standard InChI is InChI=1S/C16H19N3S/c17-14-8-4-5-9-15-13(14)10-18-16(19-15)11-20-12-6-2-1-3-7-12/h1-3,6-7,10,14H,4-5,8-9,11,17H2. The second-order valence-electron chi connectivity index (χ2n) is 5.14. The van der Waals surface area contributed by atoms with E-state index in [2.05, 4.69) is 29.2 Å². The first-order valence-corrected chi connectivity index (χ1v) is 8.09. The van der Waals surface area contributed by atoms with Crippen molar-refractivity contribution in [3.8, 4) is 0 Å². The van der Waals surface area contributed by atoms with Crippen LogP contribution in [0.2, 0.25) is 0 Å². The van der Waals surface area contributed by atoms with Gasteiger partial charge in [-0.2, -0.15) is 0 Å². The minimum atomic E-state index is 0.114. The van der Waals surface area contributed by atoms with Crippen molar-refractivity contribution in [2.45, 2.75) is 42.4 Å². The van der Waals surface area contributed by atoms with Gasteiger partial charge in [-0.25, -0.2) is 9.97 Å². The predicted octanol–water partition coefficient (Wildman–Crippen LogP) is 3.50. The topological polar surface area (TPSA) is 51.8 Å². The van der Waals surface area contributed by atoms with Crippen LogP contribution in [0.25, 0.3) is 0 Å². The number of hydrogen-bond acceptors (Lipinski definition) is 4. The molecule has 1 aliphatic carbocycles. The van der Waals surface area contributed by atoms with E-state index in [1.54, 1.807) is 11.8 Å². The van der Waals surface area contributed by atoms with Crippen molar-refractivity contribution in [3.63, 3.8) is 0 Å². The quantitative estimate of drug-likeness (QED) is 0.693. The average molecular weight is 285 g/mol. The van der Waals surface area contributed by atoms with E-state index in [0.717, 1.165) is 35.7 Å². The summed E-state index contributed by atoms with van der Waals surface area (Å²) in [5, 5.41) is 0.